The van der Waals surface area contributed by atoms with Crippen molar-refractivity contribution < 1.29 is 14.1 Å². The van der Waals surface area contributed by atoms with E-state index in [-0.39, 0.29) is 22.2 Å². The highest BCUT2D eigenvalue weighted by Crippen LogP contribution is 2.29. The molecule has 1 aromatic carbocycles. The van der Waals surface area contributed by atoms with Gasteiger partial charge >= 0.3 is 0 Å². The zero-order chi connectivity index (χ0) is 19.6. The van der Waals surface area contributed by atoms with Gasteiger partial charge in [-0.2, -0.15) is 0 Å². The second-order valence-corrected chi connectivity index (χ2v) is 6.89. The molecule has 0 radical (unpaired) electrons. The van der Waals surface area contributed by atoms with Gasteiger partial charge in [-0.05, 0) is 25.1 Å². The van der Waals surface area contributed by atoms with E-state index in [1.807, 2.05) is 6.92 Å². The van der Waals surface area contributed by atoms with Gasteiger partial charge in [-0.1, -0.05) is 23.4 Å². The molecule has 2 heterocycles. The molecule has 2 aromatic heterocycles. The second-order valence-electron chi connectivity index (χ2n) is 5.51. The molecule has 0 aliphatic rings. The van der Waals surface area contributed by atoms with Gasteiger partial charge < -0.3 is 14.3 Å². The van der Waals surface area contributed by atoms with Crippen LogP contribution >= 0.6 is 23.4 Å². The van der Waals surface area contributed by atoms with E-state index in [1.165, 1.54) is 18.2 Å². The number of hydrogen-bond acceptors (Lipinski definition) is 7. The highest BCUT2D eigenvalue weighted by atomic mass is 35.5. The Morgan fingerprint density at radius 3 is 2.85 bits per heavy atom. The van der Waals surface area contributed by atoms with Crippen LogP contribution in [0.2, 0.25) is 5.02 Å². The van der Waals surface area contributed by atoms with Crippen molar-refractivity contribution in [2.45, 2.75) is 12.1 Å². The van der Waals surface area contributed by atoms with Crippen molar-refractivity contribution >= 4 is 40.6 Å². The first-order valence-electron chi connectivity index (χ1n) is 7.67. The first-order valence-corrected chi connectivity index (χ1v) is 9.03. The minimum absolute atomic E-state index is 0.00000992. The Kier molecular flexibility index (Phi) is 5.47. The highest BCUT2D eigenvalue weighted by molar-refractivity contribution is 7.99. The number of halogens is 1. The zero-order valence-electron chi connectivity index (χ0n) is 14.3. The van der Waals surface area contributed by atoms with Crippen molar-refractivity contribution in [3.63, 3.8) is 0 Å². The molecule has 27 heavy (non-hydrogen) atoms. The molecule has 140 valence electrons. The summed E-state index contributed by atoms with van der Waals surface area (Å²) < 4.78 is 7.02. The van der Waals surface area contributed by atoms with Crippen LogP contribution in [-0.2, 0) is 11.8 Å². The molecule has 0 aliphatic carbocycles. The fourth-order valence-electron chi connectivity index (χ4n) is 2.38. The molecule has 0 unspecified atom stereocenters. The number of furan rings is 1. The monoisotopic (exact) mass is 407 g/mol. The third kappa shape index (κ3) is 4.12. The lowest BCUT2D eigenvalue weighted by Crippen LogP contribution is -2.15. The number of nitro benzene ring substituents is 1. The number of nitrogens with one attached hydrogen (secondary N) is 1. The van der Waals surface area contributed by atoms with Crippen molar-refractivity contribution in [3.8, 4) is 11.4 Å². The van der Waals surface area contributed by atoms with E-state index in [0.717, 1.165) is 17.3 Å². The van der Waals surface area contributed by atoms with Crippen LogP contribution in [0.25, 0.3) is 11.4 Å². The number of carbonyl (C=O) groups is 1. The van der Waals surface area contributed by atoms with E-state index in [1.54, 1.807) is 23.9 Å². The molecular formula is C16H14ClN5O4S. The minimum Gasteiger partial charge on any atom is -0.469 e. The summed E-state index contributed by atoms with van der Waals surface area (Å²) in [4.78, 5) is 22.7. The number of carbonyl (C=O) groups excluding carboxylic acids is 1. The fraction of sp³-hybridized carbons (Fsp3) is 0.188. The summed E-state index contributed by atoms with van der Waals surface area (Å²) in [5, 5.41) is 22.6. The van der Waals surface area contributed by atoms with Crippen LogP contribution in [0.1, 0.15) is 5.76 Å². The van der Waals surface area contributed by atoms with Gasteiger partial charge in [-0.25, -0.2) is 0 Å². The largest absolute Gasteiger partial charge is 0.469 e. The summed E-state index contributed by atoms with van der Waals surface area (Å²) in [7, 11) is 1.78. The normalized spacial score (nSPS) is 10.8. The number of amides is 1. The molecule has 0 saturated carbocycles. The summed E-state index contributed by atoms with van der Waals surface area (Å²) >= 11 is 7.02. The highest BCUT2D eigenvalue weighted by Gasteiger charge is 2.18. The fourth-order valence-corrected chi connectivity index (χ4v) is 3.26. The van der Waals surface area contributed by atoms with E-state index in [0.29, 0.717) is 16.7 Å². The first kappa shape index (κ1) is 18.9. The van der Waals surface area contributed by atoms with Gasteiger partial charge in [0.15, 0.2) is 11.0 Å². The molecule has 1 N–H and O–H groups in total. The van der Waals surface area contributed by atoms with Crippen molar-refractivity contribution in [1.29, 1.82) is 0 Å². The molecule has 0 saturated heterocycles. The van der Waals surface area contributed by atoms with Crippen molar-refractivity contribution in [3.05, 3.63) is 51.4 Å². The van der Waals surface area contributed by atoms with Gasteiger partial charge in [0, 0.05) is 18.1 Å². The third-order valence-corrected chi connectivity index (χ3v) is 4.95. The number of hydrogen-bond donors (Lipinski definition) is 1. The van der Waals surface area contributed by atoms with Gasteiger partial charge in [0.25, 0.3) is 5.69 Å². The first-order chi connectivity index (χ1) is 12.9. The van der Waals surface area contributed by atoms with Gasteiger partial charge in [0.05, 0.1) is 22.5 Å². The van der Waals surface area contributed by atoms with Gasteiger partial charge in [0.1, 0.15) is 11.4 Å². The lowest BCUT2D eigenvalue weighted by atomic mass is 10.2. The summed E-state index contributed by atoms with van der Waals surface area (Å²) in [5.74, 6) is 0.914. The number of anilines is 1. The Morgan fingerprint density at radius 1 is 1.41 bits per heavy atom. The average Bonchev–Trinajstić information content (AvgIpc) is 3.18. The number of benzene rings is 1. The zero-order valence-corrected chi connectivity index (χ0v) is 15.9. The van der Waals surface area contributed by atoms with Crippen LogP contribution in [0.15, 0.2) is 40.1 Å². The van der Waals surface area contributed by atoms with E-state index in [4.69, 9.17) is 16.0 Å². The number of thioether (sulfide) groups is 1. The molecular weight excluding hydrogens is 394 g/mol. The number of aryl methyl sites for hydroxylation is 1. The molecule has 0 fully saturated rings. The number of aromatic nitrogens is 3. The second kappa shape index (κ2) is 7.80. The molecule has 0 aliphatic heterocycles. The van der Waals surface area contributed by atoms with Crippen LogP contribution in [0.5, 0.6) is 0 Å². The summed E-state index contributed by atoms with van der Waals surface area (Å²) in [5.41, 5.74) is 0.635. The minimum atomic E-state index is -0.582. The Hall–Kier alpha value is -2.85. The van der Waals surface area contributed by atoms with E-state index in [2.05, 4.69) is 15.5 Å². The van der Waals surface area contributed by atoms with Crippen molar-refractivity contribution in [2.75, 3.05) is 11.1 Å². The maximum absolute atomic E-state index is 12.2. The lowest BCUT2D eigenvalue weighted by molar-refractivity contribution is -0.383. The number of rotatable bonds is 6. The molecule has 3 aromatic rings. The average molecular weight is 408 g/mol. The molecule has 9 nitrogen and oxygen atoms in total. The third-order valence-electron chi connectivity index (χ3n) is 3.70. The standard InChI is InChI=1S/C16H14ClN5O4S/c1-9-11(5-6-26-9)15-19-20-16(21(15)2)27-8-14(23)18-12-7-10(17)3-4-13(12)22(24)25/h3-7H,8H2,1-2H3,(H,18,23). The van der Waals surface area contributed by atoms with Crippen LogP contribution < -0.4 is 5.32 Å². The van der Waals surface area contributed by atoms with Crippen LogP contribution in [0.3, 0.4) is 0 Å². The smallest absolute Gasteiger partial charge is 0.292 e. The molecule has 1 amide bonds. The van der Waals surface area contributed by atoms with E-state index >= 15 is 0 Å². The Morgan fingerprint density at radius 2 is 2.19 bits per heavy atom. The van der Waals surface area contributed by atoms with Crippen LogP contribution in [0, 0.1) is 17.0 Å². The Labute approximate surface area is 162 Å². The predicted molar refractivity (Wildman–Crippen MR) is 101 cm³/mol. The molecule has 0 spiro atoms. The maximum Gasteiger partial charge on any atom is 0.292 e. The molecule has 3 rings (SSSR count). The molecule has 11 heteroatoms. The maximum atomic E-state index is 12.2. The van der Waals surface area contributed by atoms with Gasteiger partial charge in [0.2, 0.25) is 5.91 Å². The predicted octanol–water partition coefficient (Wildman–Crippen LogP) is 3.68. The van der Waals surface area contributed by atoms with Crippen molar-refractivity contribution in [2.24, 2.45) is 7.05 Å². The summed E-state index contributed by atoms with van der Waals surface area (Å²) in [6.07, 6.45) is 1.57. The van der Waals surface area contributed by atoms with E-state index in [9.17, 15) is 14.9 Å². The summed E-state index contributed by atoms with van der Waals surface area (Å²) in [6.45, 7) is 1.82. The van der Waals surface area contributed by atoms with Crippen LogP contribution in [0.4, 0.5) is 11.4 Å². The van der Waals surface area contributed by atoms with Gasteiger partial charge in [-0.15, -0.1) is 10.2 Å². The van der Waals surface area contributed by atoms with Crippen LogP contribution in [-0.4, -0.2) is 31.3 Å². The molecule has 0 atom stereocenters. The summed E-state index contributed by atoms with van der Waals surface area (Å²) in [6, 6.07) is 5.76. The Bertz CT molecular complexity index is 1020. The number of nitro groups is 1. The lowest BCUT2D eigenvalue weighted by Gasteiger charge is -2.06. The molecule has 0 bridgehead atoms. The van der Waals surface area contributed by atoms with Gasteiger partial charge in [-0.3, -0.25) is 14.9 Å². The van der Waals surface area contributed by atoms with Crippen molar-refractivity contribution in [1.82, 2.24) is 14.8 Å². The number of nitrogens with zero attached hydrogens (tertiary/aromatic N) is 4. The topological polar surface area (TPSA) is 116 Å². The quantitative estimate of drug-likeness (QED) is 0.376. The SMILES string of the molecule is Cc1occc1-c1nnc(SCC(=O)Nc2cc(Cl)ccc2[N+](=O)[O-])n1C. The Balaban J connectivity index is 1.69. The van der Waals surface area contributed by atoms with E-state index < -0.39 is 10.8 Å².